The van der Waals surface area contributed by atoms with E-state index in [9.17, 15) is 8.42 Å². The second-order valence-electron chi connectivity index (χ2n) is 2.97. The van der Waals surface area contributed by atoms with Crippen LogP contribution < -0.4 is 4.74 Å². The predicted molar refractivity (Wildman–Crippen MR) is 73.4 cm³/mol. The summed E-state index contributed by atoms with van der Waals surface area (Å²) in [6, 6.07) is 2.70. The second-order valence-corrected chi connectivity index (χ2v) is 7.24. The van der Waals surface area contributed by atoms with E-state index in [1.54, 1.807) is 11.8 Å². The third-order valence-corrected chi connectivity index (χ3v) is 4.73. The van der Waals surface area contributed by atoms with Gasteiger partial charge in [-0.25, -0.2) is 8.42 Å². The fourth-order valence-electron chi connectivity index (χ4n) is 1.05. The van der Waals surface area contributed by atoms with Crippen LogP contribution in [-0.2, 0) is 9.05 Å². The van der Waals surface area contributed by atoms with Crippen LogP contribution in [0.3, 0.4) is 0 Å². The van der Waals surface area contributed by atoms with Gasteiger partial charge in [-0.1, -0.05) is 23.2 Å². The maximum absolute atomic E-state index is 11.2. The van der Waals surface area contributed by atoms with E-state index in [4.69, 9.17) is 38.6 Å². The summed E-state index contributed by atoms with van der Waals surface area (Å²) < 4.78 is 27.7. The van der Waals surface area contributed by atoms with Gasteiger partial charge in [-0.15, -0.1) is 0 Å². The van der Waals surface area contributed by atoms with E-state index >= 15 is 0 Å². The van der Waals surface area contributed by atoms with Crippen molar-refractivity contribution in [3.05, 3.63) is 22.2 Å². The second kappa shape index (κ2) is 6.38. The molecule has 0 N–H and O–H groups in total. The molecule has 1 aromatic rings. The molecule has 0 fully saturated rings. The van der Waals surface area contributed by atoms with E-state index in [-0.39, 0.29) is 14.9 Å². The summed E-state index contributed by atoms with van der Waals surface area (Å²) in [5.74, 6) is 1.14. The third kappa shape index (κ3) is 4.10. The Labute approximate surface area is 119 Å². The summed E-state index contributed by atoms with van der Waals surface area (Å²) in [5, 5.41) is -0.0715. The van der Waals surface area contributed by atoms with Gasteiger partial charge in [-0.05, 0) is 18.4 Å². The molecule has 0 unspecified atom stereocenters. The molecule has 1 rings (SSSR count). The smallest absolute Gasteiger partial charge is 0.262 e. The van der Waals surface area contributed by atoms with Gasteiger partial charge in [-0.2, -0.15) is 11.8 Å². The van der Waals surface area contributed by atoms with E-state index in [1.165, 1.54) is 12.1 Å². The molecule has 0 spiro atoms. The molecule has 3 nitrogen and oxygen atoms in total. The highest BCUT2D eigenvalue weighted by Crippen LogP contribution is 2.37. The average molecular weight is 336 g/mol. The number of thioether (sulfide) groups is 1. The summed E-state index contributed by atoms with van der Waals surface area (Å²) in [6.45, 7) is 0.462. The molecular formula is C9H9Cl3O3S2. The number of hydrogen-bond donors (Lipinski definition) is 0. The zero-order chi connectivity index (χ0) is 13.1. The van der Waals surface area contributed by atoms with Gasteiger partial charge in [0.15, 0.2) is 0 Å². The van der Waals surface area contributed by atoms with Gasteiger partial charge >= 0.3 is 0 Å². The minimum absolute atomic E-state index is 0.0505. The molecule has 0 saturated heterocycles. The van der Waals surface area contributed by atoms with Gasteiger partial charge in [0.25, 0.3) is 9.05 Å². The predicted octanol–water partition coefficient (Wildman–Crippen LogP) is 3.66. The lowest BCUT2D eigenvalue weighted by Crippen LogP contribution is -2.01. The van der Waals surface area contributed by atoms with Crippen molar-refractivity contribution in [2.75, 3.05) is 18.6 Å². The standard InChI is InChI=1S/C9H9Cl3O3S2/c1-16-5-4-15-6-2-3-7(17(12,13)14)9(11)8(6)10/h2-3H,4-5H2,1H3. The minimum atomic E-state index is -3.90. The van der Waals surface area contributed by atoms with Crippen LogP contribution in [-0.4, -0.2) is 27.0 Å². The van der Waals surface area contributed by atoms with Crippen molar-refractivity contribution >= 4 is 54.7 Å². The molecule has 0 aliphatic rings. The Morgan fingerprint density at radius 1 is 1.29 bits per heavy atom. The van der Waals surface area contributed by atoms with Gasteiger partial charge < -0.3 is 4.74 Å². The number of hydrogen-bond acceptors (Lipinski definition) is 4. The molecule has 96 valence electrons. The lowest BCUT2D eigenvalue weighted by molar-refractivity contribution is 0.344. The first-order valence-corrected chi connectivity index (χ1v) is 8.88. The summed E-state index contributed by atoms with van der Waals surface area (Å²) in [7, 11) is 1.30. The SMILES string of the molecule is CSCCOc1ccc(S(=O)(=O)Cl)c(Cl)c1Cl. The van der Waals surface area contributed by atoms with Crippen molar-refractivity contribution in [2.24, 2.45) is 0 Å². The zero-order valence-corrected chi connectivity index (χ0v) is 12.6. The fraction of sp³-hybridized carbons (Fsp3) is 0.333. The molecule has 0 bridgehead atoms. The molecule has 8 heteroatoms. The third-order valence-electron chi connectivity index (χ3n) is 1.82. The van der Waals surface area contributed by atoms with Crippen LogP contribution in [0.4, 0.5) is 0 Å². The topological polar surface area (TPSA) is 43.4 Å². The Balaban J connectivity index is 3.03. The first-order valence-electron chi connectivity index (χ1n) is 4.42. The quantitative estimate of drug-likeness (QED) is 0.608. The monoisotopic (exact) mass is 334 g/mol. The molecule has 17 heavy (non-hydrogen) atoms. The van der Waals surface area contributed by atoms with E-state index in [1.807, 2.05) is 6.26 Å². The average Bonchev–Trinajstić information content (AvgIpc) is 2.23. The van der Waals surface area contributed by atoms with E-state index in [0.717, 1.165) is 5.75 Å². The van der Waals surface area contributed by atoms with Crippen LogP contribution in [0.15, 0.2) is 17.0 Å². The van der Waals surface area contributed by atoms with Gasteiger partial charge in [-0.3, -0.25) is 0 Å². The van der Waals surface area contributed by atoms with Crippen LogP contribution in [0.1, 0.15) is 0 Å². The van der Waals surface area contributed by atoms with Gasteiger partial charge in [0.2, 0.25) is 0 Å². The summed E-state index contributed by atoms with van der Waals surface area (Å²) in [4.78, 5) is -0.219. The van der Waals surface area contributed by atoms with Crippen LogP contribution in [0, 0.1) is 0 Å². The van der Waals surface area contributed by atoms with Gasteiger partial charge in [0.1, 0.15) is 15.7 Å². The van der Waals surface area contributed by atoms with Crippen molar-refractivity contribution in [1.82, 2.24) is 0 Å². The molecule has 0 aromatic heterocycles. The zero-order valence-electron chi connectivity index (χ0n) is 8.74. The lowest BCUT2D eigenvalue weighted by atomic mass is 10.3. The van der Waals surface area contributed by atoms with Crippen LogP contribution in [0.5, 0.6) is 5.75 Å². The van der Waals surface area contributed by atoms with E-state index in [2.05, 4.69) is 0 Å². The van der Waals surface area contributed by atoms with Crippen molar-refractivity contribution in [3.8, 4) is 5.75 Å². The Bertz CT molecular complexity index is 502. The Kier molecular flexibility index (Phi) is 5.73. The van der Waals surface area contributed by atoms with Crippen LogP contribution >= 0.6 is 45.6 Å². The molecular weight excluding hydrogens is 327 g/mol. The summed E-state index contributed by atoms with van der Waals surface area (Å²) in [6.07, 6.45) is 1.95. The van der Waals surface area contributed by atoms with Crippen molar-refractivity contribution < 1.29 is 13.2 Å². The fourth-order valence-corrected chi connectivity index (χ4v) is 3.09. The van der Waals surface area contributed by atoms with Crippen LogP contribution in [0.2, 0.25) is 10.0 Å². The highest BCUT2D eigenvalue weighted by atomic mass is 35.7. The molecule has 0 heterocycles. The normalized spacial score (nSPS) is 11.5. The molecule has 0 radical (unpaired) electrons. The first-order chi connectivity index (χ1) is 7.88. The van der Waals surface area contributed by atoms with Gasteiger partial charge in [0, 0.05) is 16.4 Å². The maximum Gasteiger partial charge on any atom is 0.262 e. The number of rotatable bonds is 5. The molecule has 0 aliphatic heterocycles. The van der Waals surface area contributed by atoms with Crippen molar-refractivity contribution in [1.29, 1.82) is 0 Å². The largest absolute Gasteiger partial charge is 0.491 e. The maximum atomic E-state index is 11.2. The van der Waals surface area contributed by atoms with Crippen LogP contribution in [0.25, 0.3) is 0 Å². The number of halogens is 3. The molecule has 0 aliphatic carbocycles. The molecule has 0 saturated carbocycles. The Hall–Kier alpha value is 0.190. The van der Waals surface area contributed by atoms with E-state index < -0.39 is 9.05 Å². The number of ether oxygens (including phenoxy) is 1. The van der Waals surface area contributed by atoms with Gasteiger partial charge in [0.05, 0.1) is 11.6 Å². The molecule has 0 atom stereocenters. The highest BCUT2D eigenvalue weighted by molar-refractivity contribution is 8.13. The first kappa shape index (κ1) is 15.2. The van der Waals surface area contributed by atoms with Crippen molar-refractivity contribution in [3.63, 3.8) is 0 Å². The Morgan fingerprint density at radius 3 is 2.47 bits per heavy atom. The van der Waals surface area contributed by atoms with E-state index in [0.29, 0.717) is 12.4 Å². The minimum Gasteiger partial charge on any atom is -0.491 e. The number of benzene rings is 1. The highest BCUT2D eigenvalue weighted by Gasteiger charge is 2.19. The molecule has 0 amide bonds. The summed E-state index contributed by atoms with van der Waals surface area (Å²) in [5.41, 5.74) is 0. The molecule has 1 aromatic carbocycles. The summed E-state index contributed by atoms with van der Waals surface area (Å²) >= 11 is 13.3. The van der Waals surface area contributed by atoms with Crippen molar-refractivity contribution in [2.45, 2.75) is 4.90 Å². The Morgan fingerprint density at radius 2 is 1.94 bits per heavy atom. The lowest BCUT2D eigenvalue weighted by Gasteiger charge is -2.10.